The SMILES string of the molecule is CCN(C(=O)O)C(=CC#N)c1ccc(Cl)cc1Cl. The molecule has 1 N–H and O–H groups in total. The number of carboxylic acid groups (broad SMARTS) is 1. The molecule has 1 amide bonds. The van der Waals surface area contributed by atoms with Gasteiger partial charge in [0.05, 0.1) is 16.8 Å². The van der Waals surface area contributed by atoms with Crippen molar-refractivity contribution in [2.45, 2.75) is 6.92 Å². The molecule has 0 unspecified atom stereocenters. The van der Waals surface area contributed by atoms with E-state index in [1.807, 2.05) is 6.07 Å². The molecule has 0 aliphatic heterocycles. The first-order valence-corrected chi connectivity index (χ1v) is 5.82. The van der Waals surface area contributed by atoms with Crippen LogP contribution in [-0.4, -0.2) is 22.6 Å². The number of amides is 1. The quantitative estimate of drug-likeness (QED) is 0.857. The average Bonchev–Trinajstić information content (AvgIpc) is 2.28. The van der Waals surface area contributed by atoms with Crippen LogP contribution in [0.5, 0.6) is 0 Å². The molecule has 1 aromatic carbocycles. The number of hydrogen-bond donors (Lipinski definition) is 1. The fourth-order valence-corrected chi connectivity index (χ4v) is 1.97. The van der Waals surface area contributed by atoms with E-state index in [2.05, 4.69) is 0 Å². The summed E-state index contributed by atoms with van der Waals surface area (Å²) in [6.07, 6.45) is -0.00256. The van der Waals surface area contributed by atoms with Crippen molar-refractivity contribution in [2.75, 3.05) is 6.54 Å². The summed E-state index contributed by atoms with van der Waals surface area (Å²) in [5, 5.41) is 18.6. The Morgan fingerprint density at radius 3 is 2.67 bits per heavy atom. The minimum absolute atomic E-state index is 0.210. The highest BCUT2D eigenvalue weighted by atomic mass is 35.5. The van der Waals surface area contributed by atoms with Crippen molar-refractivity contribution in [3.05, 3.63) is 39.9 Å². The molecular weight excluding hydrogens is 275 g/mol. The van der Waals surface area contributed by atoms with Gasteiger partial charge in [-0.3, -0.25) is 4.90 Å². The summed E-state index contributed by atoms with van der Waals surface area (Å²) in [5.41, 5.74) is 0.682. The van der Waals surface area contributed by atoms with E-state index in [1.165, 1.54) is 6.07 Å². The molecule has 0 saturated carbocycles. The molecule has 0 heterocycles. The second-order valence-electron chi connectivity index (χ2n) is 3.31. The van der Waals surface area contributed by atoms with E-state index < -0.39 is 6.09 Å². The highest BCUT2D eigenvalue weighted by Gasteiger charge is 2.18. The Morgan fingerprint density at radius 2 is 2.22 bits per heavy atom. The van der Waals surface area contributed by atoms with Gasteiger partial charge in [-0.1, -0.05) is 23.2 Å². The highest BCUT2D eigenvalue weighted by Crippen LogP contribution is 2.29. The maximum Gasteiger partial charge on any atom is 0.411 e. The summed E-state index contributed by atoms with van der Waals surface area (Å²) in [6.45, 7) is 1.88. The van der Waals surface area contributed by atoms with E-state index in [0.717, 1.165) is 11.0 Å². The van der Waals surface area contributed by atoms with Crippen LogP contribution in [0.4, 0.5) is 4.79 Å². The van der Waals surface area contributed by atoms with Crippen molar-refractivity contribution in [3.8, 4) is 6.07 Å². The van der Waals surface area contributed by atoms with Gasteiger partial charge in [0.15, 0.2) is 0 Å². The number of halogens is 2. The first-order valence-electron chi connectivity index (χ1n) is 5.07. The van der Waals surface area contributed by atoms with Gasteiger partial charge in [-0.05, 0) is 25.1 Å². The van der Waals surface area contributed by atoms with Gasteiger partial charge in [-0.15, -0.1) is 0 Å². The minimum atomic E-state index is -1.15. The maximum atomic E-state index is 11.1. The van der Waals surface area contributed by atoms with Crippen LogP contribution < -0.4 is 0 Å². The van der Waals surface area contributed by atoms with Gasteiger partial charge in [0.25, 0.3) is 0 Å². The molecule has 0 aliphatic carbocycles. The molecule has 0 fully saturated rings. The van der Waals surface area contributed by atoms with Gasteiger partial charge >= 0.3 is 6.09 Å². The normalized spacial score (nSPS) is 10.9. The van der Waals surface area contributed by atoms with E-state index in [1.54, 1.807) is 19.1 Å². The Morgan fingerprint density at radius 1 is 1.56 bits per heavy atom. The van der Waals surface area contributed by atoms with E-state index in [0.29, 0.717) is 15.6 Å². The zero-order chi connectivity index (χ0) is 13.7. The third-order valence-electron chi connectivity index (χ3n) is 2.25. The van der Waals surface area contributed by atoms with Crippen molar-refractivity contribution >= 4 is 35.0 Å². The fourth-order valence-electron chi connectivity index (χ4n) is 1.47. The minimum Gasteiger partial charge on any atom is -0.465 e. The van der Waals surface area contributed by atoms with Crippen LogP contribution in [0.15, 0.2) is 24.3 Å². The zero-order valence-corrected chi connectivity index (χ0v) is 11.0. The topological polar surface area (TPSA) is 64.3 Å². The lowest BCUT2D eigenvalue weighted by molar-refractivity contribution is 0.168. The van der Waals surface area contributed by atoms with E-state index >= 15 is 0 Å². The predicted octanol–water partition coefficient (Wildman–Crippen LogP) is 3.86. The maximum absolute atomic E-state index is 11.1. The summed E-state index contributed by atoms with van der Waals surface area (Å²) in [6, 6.07) is 6.49. The lowest BCUT2D eigenvalue weighted by Crippen LogP contribution is -2.27. The summed E-state index contributed by atoms with van der Waals surface area (Å²) in [5.74, 6) is 0. The van der Waals surface area contributed by atoms with Gasteiger partial charge in [0.1, 0.15) is 0 Å². The van der Waals surface area contributed by atoms with Gasteiger partial charge in [-0.2, -0.15) is 5.26 Å². The first-order chi connectivity index (χ1) is 8.51. The van der Waals surface area contributed by atoms with E-state index in [4.69, 9.17) is 33.6 Å². The standard InChI is InChI=1S/C12H10Cl2N2O2/c1-2-16(12(17)18)11(5-6-15)9-4-3-8(13)7-10(9)14/h3-5,7H,2H2,1H3,(H,17,18). The number of rotatable bonds is 3. The van der Waals surface area contributed by atoms with Gasteiger partial charge in [0.2, 0.25) is 0 Å². The van der Waals surface area contributed by atoms with Crippen molar-refractivity contribution in [2.24, 2.45) is 0 Å². The van der Waals surface area contributed by atoms with Crippen molar-refractivity contribution in [3.63, 3.8) is 0 Å². The first kappa shape index (κ1) is 14.4. The van der Waals surface area contributed by atoms with Crippen LogP contribution in [0.3, 0.4) is 0 Å². The monoisotopic (exact) mass is 284 g/mol. The molecule has 1 rings (SSSR count). The molecule has 0 saturated heterocycles. The van der Waals surface area contributed by atoms with E-state index in [-0.39, 0.29) is 12.2 Å². The molecule has 0 bridgehead atoms. The third-order valence-corrected chi connectivity index (χ3v) is 2.79. The number of allylic oxidation sites excluding steroid dienone is 1. The molecule has 0 spiro atoms. The van der Waals surface area contributed by atoms with Gasteiger partial charge < -0.3 is 5.11 Å². The molecule has 4 nitrogen and oxygen atoms in total. The van der Waals surface area contributed by atoms with Crippen LogP contribution in [-0.2, 0) is 0 Å². The molecule has 1 aromatic rings. The highest BCUT2D eigenvalue weighted by molar-refractivity contribution is 6.35. The zero-order valence-electron chi connectivity index (χ0n) is 9.52. The Hall–Kier alpha value is -1.70. The molecule has 94 valence electrons. The van der Waals surface area contributed by atoms with Crippen LogP contribution in [0.25, 0.3) is 5.70 Å². The summed E-state index contributed by atoms with van der Waals surface area (Å²) < 4.78 is 0. The number of nitriles is 1. The Bertz CT molecular complexity index is 535. The number of carbonyl (C=O) groups is 1. The largest absolute Gasteiger partial charge is 0.465 e. The molecule has 0 aliphatic rings. The van der Waals surface area contributed by atoms with Crippen LogP contribution in [0.1, 0.15) is 12.5 Å². The van der Waals surface area contributed by atoms with Gasteiger partial charge in [0, 0.05) is 23.2 Å². The van der Waals surface area contributed by atoms with Crippen LogP contribution >= 0.6 is 23.2 Å². The second-order valence-corrected chi connectivity index (χ2v) is 4.15. The third kappa shape index (κ3) is 3.16. The summed E-state index contributed by atoms with van der Waals surface area (Å²) >= 11 is 11.8. The molecule has 0 atom stereocenters. The van der Waals surface area contributed by atoms with Crippen molar-refractivity contribution in [1.29, 1.82) is 5.26 Å². The number of benzene rings is 1. The average molecular weight is 285 g/mol. The Balaban J connectivity index is 3.34. The molecule has 6 heteroatoms. The Labute approximate surface area is 115 Å². The molecule has 0 radical (unpaired) electrons. The Kier molecular flexibility index (Phi) is 5.02. The summed E-state index contributed by atoms with van der Waals surface area (Å²) in [7, 11) is 0. The smallest absolute Gasteiger partial charge is 0.411 e. The number of nitrogens with zero attached hydrogens (tertiary/aromatic N) is 2. The van der Waals surface area contributed by atoms with Gasteiger partial charge in [-0.25, -0.2) is 4.79 Å². The van der Waals surface area contributed by atoms with Crippen LogP contribution in [0, 0.1) is 11.3 Å². The molecular formula is C12H10Cl2N2O2. The number of hydrogen-bond acceptors (Lipinski definition) is 2. The lowest BCUT2D eigenvalue weighted by atomic mass is 10.1. The molecule has 18 heavy (non-hydrogen) atoms. The van der Waals surface area contributed by atoms with Crippen LogP contribution in [0.2, 0.25) is 10.0 Å². The fraction of sp³-hybridized carbons (Fsp3) is 0.167. The second kappa shape index (κ2) is 6.29. The van der Waals surface area contributed by atoms with Crippen molar-refractivity contribution < 1.29 is 9.90 Å². The molecule has 0 aromatic heterocycles. The summed E-state index contributed by atoms with van der Waals surface area (Å²) in [4.78, 5) is 12.1. The lowest BCUT2D eigenvalue weighted by Gasteiger charge is -2.21. The predicted molar refractivity (Wildman–Crippen MR) is 70.5 cm³/mol. The van der Waals surface area contributed by atoms with Crippen molar-refractivity contribution in [1.82, 2.24) is 4.90 Å². The van der Waals surface area contributed by atoms with E-state index in [9.17, 15) is 4.79 Å².